The summed E-state index contributed by atoms with van der Waals surface area (Å²) in [7, 11) is 0. The molecule has 3 nitrogen and oxygen atoms in total. The van der Waals surface area contributed by atoms with Crippen LogP contribution in [-0.4, -0.2) is 30.4 Å². The van der Waals surface area contributed by atoms with Crippen molar-refractivity contribution in [3.63, 3.8) is 0 Å². The third kappa shape index (κ3) is 2.42. The Morgan fingerprint density at radius 1 is 1.17 bits per heavy atom. The maximum absolute atomic E-state index is 12.4. The highest BCUT2D eigenvalue weighted by molar-refractivity contribution is 5.82. The molecule has 0 bridgehead atoms. The standard InChI is InChI=1S/C15H26N2O/c16-9-11-6-7-17(10-11)15(18)14-8-13(14)12-4-2-1-3-5-12/h11-14H,1-10,16H2. The fraction of sp³-hybridized carbons (Fsp3) is 0.933. The van der Waals surface area contributed by atoms with E-state index in [2.05, 4.69) is 4.90 Å². The van der Waals surface area contributed by atoms with Crippen LogP contribution >= 0.6 is 0 Å². The minimum atomic E-state index is 0.379. The minimum Gasteiger partial charge on any atom is -0.342 e. The Hall–Kier alpha value is -0.570. The van der Waals surface area contributed by atoms with E-state index >= 15 is 0 Å². The van der Waals surface area contributed by atoms with Crippen LogP contribution in [0.15, 0.2) is 0 Å². The number of nitrogens with two attached hydrogens (primary N) is 1. The lowest BCUT2D eigenvalue weighted by Crippen LogP contribution is -2.32. The van der Waals surface area contributed by atoms with Crippen molar-refractivity contribution in [2.75, 3.05) is 19.6 Å². The molecule has 18 heavy (non-hydrogen) atoms. The number of carbonyl (C=O) groups is 1. The first-order valence-electron chi connectivity index (χ1n) is 7.78. The summed E-state index contributed by atoms with van der Waals surface area (Å²) in [6.45, 7) is 2.61. The van der Waals surface area contributed by atoms with Crippen LogP contribution in [0.25, 0.3) is 0 Å². The summed E-state index contributed by atoms with van der Waals surface area (Å²) < 4.78 is 0. The van der Waals surface area contributed by atoms with Crippen molar-refractivity contribution in [3.8, 4) is 0 Å². The normalized spacial score (nSPS) is 36.9. The number of amides is 1. The lowest BCUT2D eigenvalue weighted by atomic mass is 9.85. The highest BCUT2D eigenvalue weighted by Gasteiger charge is 2.49. The topological polar surface area (TPSA) is 46.3 Å². The van der Waals surface area contributed by atoms with E-state index < -0.39 is 0 Å². The molecule has 1 amide bonds. The maximum Gasteiger partial charge on any atom is 0.225 e. The minimum absolute atomic E-state index is 0.379. The molecule has 0 radical (unpaired) electrons. The van der Waals surface area contributed by atoms with Crippen LogP contribution in [0.3, 0.4) is 0 Å². The first kappa shape index (κ1) is 12.5. The summed E-state index contributed by atoms with van der Waals surface area (Å²) in [5.41, 5.74) is 5.69. The molecular formula is C15H26N2O. The Morgan fingerprint density at radius 2 is 1.94 bits per heavy atom. The molecular weight excluding hydrogens is 224 g/mol. The van der Waals surface area contributed by atoms with Gasteiger partial charge in [-0.2, -0.15) is 0 Å². The number of nitrogens with zero attached hydrogens (tertiary/aromatic N) is 1. The zero-order chi connectivity index (χ0) is 12.5. The molecule has 1 heterocycles. The lowest BCUT2D eigenvalue weighted by Gasteiger charge is -2.22. The van der Waals surface area contributed by atoms with Gasteiger partial charge in [0.05, 0.1) is 0 Å². The van der Waals surface area contributed by atoms with Crippen molar-refractivity contribution in [2.45, 2.75) is 44.9 Å². The average molecular weight is 250 g/mol. The van der Waals surface area contributed by atoms with Crippen LogP contribution < -0.4 is 5.73 Å². The monoisotopic (exact) mass is 250 g/mol. The molecule has 0 aromatic rings. The van der Waals surface area contributed by atoms with Crippen molar-refractivity contribution in [1.82, 2.24) is 4.90 Å². The molecule has 102 valence electrons. The van der Waals surface area contributed by atoms with Gasteiger partial charge in [0.2, 0.25) is 5.91 Å². The number of rotatable bonds is 3. The van der Waals surface area contributed by atoms with E-state index in [9.17, 15) is 4.79 Å². The SMILES string of the molecule is NCC1CCN(C(=O)C2CC2C2CCCCC2)C1. The van der Waals surface area contributed by atoms with Gasteiger partial charge in [0, 0.05) is 19.0 Å². The fourth-order valence-corrected chi connectivity index (χ4v) is 4.04. The number of hydrogen-bond acceptors (Lipinski definition) is 2. The third-order valence-corrected chi connectivity index (χ3v) is 5.34. The van der Waals surface area contributed by atoms with Crippen molar-refractivity contribution >= 4 is 5.91 Å². The van der Waals surface area contributed by atoms with Crippen LogP contribution in [0, 0.1) is 23.7 Å². The quantitative estimate of drug-likeness (QED) is 0.833. The van der Waals surface area contributed by atoms with Gasteiger partial charge in [-0.15, -0.1) is 0 Å². The molecule has 0 aromatic heterocycles. The molecule has 3 aliphatic rings. The van der Waals surface area contributed by atoms with Gasteiger partial charge in [-0.3, -0.25) is 4.79 Å². The molecule has 3 fully saturated rings. The average Bonchev–Trinajstić information content (AvgIpc) is 3.08. The van der Waals surface area contributed by atoms with Gasteiger partial charge in [-0.05, 0) is 37.1 Å². The Balaban J connectivity index is 1.50. The molecule has 2 N–H and O–H groups in total. The summed E-state index contributed by atoms with van der Waals surface area (Å²) in [5.74, 6) is 2.97. The number of likely N-dealkylation sites (tertiary alicyclic amines) is 1. The molecule has 3 heteroatoms. The van der Waals surface area contributed by atoms with Crippen LogP contribution in [0.2, 0.25) is 0 Å². The summed E-state index contributed by atoms with van der Waals surface area (Å²) >= 11 is 0. The molecule has 0 spiro atoms. The molecule has 2 aliphatic carbocycles. The van der Waals surface area contributed by atoms with E-state index in [0.717, 1.165) is 37.9 Å². The van der Waals surface area contributed by atoms with Gasteiger partial charge in [0.1, 0.15) is 0 Å². The molecule has 3 atom stereocenters. The van der Waals surface area contributed by atoms with E-state index in [-0.39, 0.29) is 0 Å². The van der Waals surface area contributed by atoms with Gasteiger partial charge in [0.15, 0.2) is 0 Å². The van der Waals surface area contributed by atoms with Crippen molar-refractivity contribution in [1.29, 1.82) is 0 Å². The van der Waals surface area contributed by atoms with Crippen molar-refractivity contribution < 1.29 is 4.79 Å². The fourth-order valence-electron chi connectivity index (χ4n) is 4.04. The second-order valence-corrected chi connectivity index (χ2v) is 6.58. The molecule has 1 saturated heterocycles. The maximum atomic E-state index is 12.4. The van der Waals surface area contributed by atoms with E-state index in [4.69, 9.17) is 5.73 Å². The lowest BCUT2D eigenvalue weighted by molar-refractivity contribution is -0.132. The second-order valence-electron chi connectivity index (χ2n) is 6.58. The smallest absolute Gasteiger partial charge is 0.225 e. The Labute approximate surface area is 110 Å². The van der Waals surface area contributed by atoms with Crippen LogP contribution in [0.1, 0.15) is 44.9 Å². The van der Waals surface area contributed by atoms with Gasteiger partial charge in [0.25, 0.3) is 0 Å². The zero-order valence-electron chi connectivity index (χ0n) is 11.3. The summed E-state index contributed by atoms with van der Waals surface area (Å²) in [6, 6.07) is 0. The molecule has 1 aliphatic heterocycles. The first-order valence-corrected chi connectivity index (χ1v) is 7.78. The van der Waals surface area contributed by atoms with Gasteiger partial charge in [-0.25, -0.2) is 0 Å². The van der Waals surface area contributed by atoms with Crippen LogP contribution in [-0.2, 0) is 4.79 Å². The first-order chi connectivity index (χ1) is 8.79. The highest BCUT2D eigenvalue weighted by atomic mass is 16.2. The number of hydrogen-bond donors (Lipinski definition) is 1. The van der Waals surface area contributed by atoms with Gasteiger partial charge < -0.3 is 10.6 Å². The highest BCUT2D eigenvalue weighted by Crippen LogP contribution is 2.50. The van der Waals surface area contributed by atoms with Crippen LogP contribution in [0.5, 0.6) is 0 Å². The third-order valence-electron chi connectivity index (χ3n) is 5.34. The second kappa shape index (κ2) is 5.20. The Bertz CT molecular complexity index is 312. The Morgan fingerprint density at radius 3 is 2.61 bits per heavy atom. The summed E-state index contributed by atoms with van der Waals surface area (Å²) in [5, 5.41) is 0. The van der Waals surface area contributed by atoms with Crippen molar-refractivity contribution in [3.05, 3.63) is 0 Å². The molecule has 2 saturated carbocycles. The molecule has 3 unspecified atom stereocenters. The van der Waals surface area contributed by atoms with Crippen LogP contribution in [0.4, 0.5) is 0 Å². The van der Waals surface area contributed by atoms with E-state index in [0.29, 0.717) is 17.7 Å². The summed E-state index contributed by atoms with van der Waals surface area (Å²) in [6.07, 6.45) is 9.23. The van der Waals surface area contributed by atoms with E-state index in [1.165, 1.54) is 38.5 Å². The van der Waals surface area contributed by atoms with Crippen molar-refractivity contribution in [2.24, 2.45) is 29.4 Å². The van der Waals surface area contributed by atoms with Gasteiger partial charge in [-0.1, -0.05) is 32.1 Å². The number of carbonyl (C=O) groups excluding carboxylic acids is 1. The summed E-state index contributed by atoms with van der Waals surface area (Å²) in [4.78, 5) is 14.5. The largest absolute Gasteiger partial charge is 0.342 e. The van der Waals surface area contributed by atoms with Gasteiger partial charge >= 0.3 is 0 Å². The Kier molecular flexibility index (Phi) is 3.60. The zero-order valence-corrected chi connectivity index (χ0v) is 11.3. The molecule has 3 rings (SSSR count). The predicted molar refractivity (Wildman–Crippen MR) is 71.9 cm³/mol. The predicted octanol–water partition coefficient (Wildman–Crippen LogP) is 2.01. The van der Waals surface area contributed by atoms with E-state index in [1.54, 1.807) is 0 Å². The van der Waals surface area contributed by atoms with E-state index in [1.807, 2.05) is 0 Å². The molecule has 0 aromatic carbocycles.